The first-order valence-corrected chi connectivity index (χ1v) is 2.70. The minimum atomic E-state index is -0.971. The summed E-state index contributed by atoms with van der Waals surface area (Å²) in [6.07, 6.45) is 1.03. The van der Waals surface area contributed by atoms with Crippen molar-refractivity contribution < 1.29 is 14.6 Å². The molecule has 0 unspecified atom stereocenters. The summed E-state index contributed by atoms with van der Waals surface area (Å²) in [6, 6.07) is 0. The number of rotatable bonds is 3. The predicted octanol–water partition coefficient (Wildman–Crippen LogP) is 1.01. The van der Waals surface area contributed by atoms with E-state index in [1.54, 1.807) is 13.8 Å². The van der Waals surface area contributed by atoms with Gasteiger partial charge < -0.3 is 9.84 Å². The highest BCUT2D eigenvalue weighted by atomic mass is 16.5. The summed E-state index contributed by atoms with van der Waals surface area (Å²) >= 11 is 0. The number of carboxylic acids is 1. The van der Waals surface area contributed by atoms with Gasteiger partial charge in [0.1, 0.15) is 5.76 Å². The van der Waals surface area contributed by atoms with Gasteiger partial charge in [-0.3, -0.25) is 0 Å². The summed E-state index contributed by atoms with van der Waals surface area (Å²) in [7, 11) is 0. The van der Waals surface area contributed by atoms with Gasteiger partial charge in [0.25, 0.3) is 0 Å². The fraction of sp³-hybridized carbons (Fsp3) is 0.500. The Morgan fingerprint density at radius 1 is 1.78 bits per heavy atom. The zero-order chi connectivity index (χ0) is 7.28. The van der Waals surface area contributed by atoms with Crippen molar-refractivity contribution in [3.05, 3.63) is 11.8 Å². The van der Waals surface area contributed by atoms with E-state index in [9.17, 15) is 4.79 Å². The largest absolute Gasteiger partial charge is 0.498 e. The van der Waals surface area contributed by atoms with Crippen LogP contribution in [0.5, 0.6) is 0 Å². The van der Waals surface area contributed by atoms with E-state index in [1.165, 1.54) is 0 Å². The zero-order valence-electron chi connectivity index (χ0n) is 5.55. The molecular formula is C6H10O3. The second kappa shape index (κ2) is 3.95. The van der Waals surface area contributed by atoms with Crippen LogP contribution in [0.15, 0.2) is 11.8 Å². The maximum absolute atomic E-state index is 9.93. The Morgan fingerprint density at radius 2 is 2.33 bits per heavy atom. The molecule has 0 amide bonds. The molecule has 9 heavy (non-hydrogen) atoms. The molecule has 0 aliphatic carbocycles. The highest BCUT2D eigenvalue weighted by Gasteiger charge is 1.91. The molecule has 3 nitrogen and oxygen atoms in total. The predicted molar refractivity (Wildman–Crippen MR) is 33.0 cm³/mol. The highest BCUT2D eigenvalue weighted by molar-refractivity contribution is 5.80. The van der Waals surface area contributed by atoms with E-state index in [0.29, 0.717) is 12.4 Å². The first kappa shape index (κ1) is 8.01. The zero-order valence-corrected chi connectivity index (χ0v) is 5.55. The van der Waals surface area contributed by atoms with Crippen molar-refractivity contribution in [2.24, 2.45) is 0 Å². The van der Waals surface area contributed by atoms with E-state index in [2.05, 4.69) is 0 Å². The molecule has 0 bridgehead atoms. The smallest absolute Gasteiger partial charge is 0.331 e. The van der Waals surface area contributed by atoms with Crippen molar-refractivity contribution >= 4 is 5.97 Å². The monoisotopic (exact) mass is 130 g/mol. The molecule has 0 aliphatic heterocycles. The van der Waals surface area contributed by atoms with Gasteiger partial charge in [0.2, 0.25) is 0 Å². The number of aliphatic carboxylic acids is 1. The highest BCUT2D eigenvalue weighted by Crippen LogP contribution is 1.92. The lowest BCUT2D eigenvalue weighted by molar-refractivity contribution is -0.131. The molecule has 0 aliphatic rings. The van der Waals surface area contributed by atoms with E-state index in [-0.39, 0.29) is 0 Å². The van der Waals surface area contributed by atoms with Gasteiger partial charge in [-0.1, -0.05) is 0 Å². The third-order valence-electron chi connectivity index (χ3n) is 0.699. The molecule has 0 atom stereocenters. The van der Waals surface area contributed by atoms with Crippen LogP contribution in [-0.2, 0) is 9.53 Å². The van der Waals surface area contributed by atoms with E-state index >= 15 is 0 Å². The van der Waals surface area contributed by atoms with E-state index in [1.807, 2.05) is 0 Å². The van der Waals surface area contributed by atoms with Gasteiger partial charge in [0.05, 0.1) is 12.7 Å². The Bertz CT molecular complexity index is 126. The van der Waals surface area contributed by atoms with Crippen molar-refractivity contribution in [2.45, 2.75) is 13.8 Å². The normalized spacial score (nSPS) is 11.1. The topological polar surface area (TPSA) is 46.5 Å². The Morgan fingerprint density at radius 3 is 2.67 bits per heavy atom. The van der Waals surface area contributed by atoms with Crippen LogP contribution in [0.25, 0.3) is 0 Å². The van der Waals surface area contributed by atoms with Gasteiger partial charge in [-0.25, -0.2) is 4.79 Å². The first-order chi connectivity index (χ1) is 4.16. The minimum Gasteiger partial charge on any atom is -0.498 e. The number of ether oxygens (including phenoxy) is 1. The molecule has 1 N–H and O–H groups in total. The van der Waals surface area contributed by atoms with Crippen molar-refractivity contribution in [1.82, 2.24) is 0 Å². The van der Waals surface area contributed by atoms with Crippen molar-refractivity contribution in [3.8, 4) is 0 Å². The SMILES string of the molecule is CCO/C(C)=C\C(=O)O. The number of hydrogen-bond acceptors (Lipinski definition) is 2. The van der Waals surface area contributed by atoms with Crippen molar-refractivity contribution in [1.29, 1.82) is 0 Å². The van der Waals surface area contributed by atoms with Crippen LogP contribution in [0.2, 0.25) is 0 Å². The number of carbonyl (C=O) groups is 1. The summed E-state index contributed by atoms with van der Waals surface area (Å²) in [5.74, 6) is -0.536. The minimum absolute atomic E-state index is 0.435. The van der Waals surface area contributed by atoms with E-state index in [0.717, 1.165) is 6.08 Å². The van der Waals surface area contributed by atoms with Crippen LogP contribution in [0.1, 0.15) is 13.8 Å². The summed E-state index contributed by atoms with van der Waals surface area (Å²) in [5, 5.41) is 8.15. The molecule has 0 aromatic rings. The molecule has 0 saturated heterocycles. The van der Waals surface area contributed by atoms with E-state index in [4.69, 9.17) is 9.84 Å². The Balaban J connectivity index is 3.69. The van der Waals surface area contributed by atoms with E-state index < -0.39 is 5.97 Å². The van der Waals surface area contributed by atoms with Crippen LogP contribution in [0.4, 0.5) is 0 Å². The second-order valence-corrected chi connectivity index (χ2v) is 1.53. The first-order valence-electron chi connectivity index (χ1n) is 2.70. The Hall–Kier alpha value is -0.990. The van der Waals surface area contributed by atoms with Crippen LogP contribution in [0, 0.1) is 0 Å². The van der Waals surface area contributed by atoms with Crippen molar-refractivity contribution in [3.63, 3.8) is 0 Å². The average molecular weight is 130 g/mol. The Kier molecular flexibility index (Phi) is 3.51. The molecule has 0 rings (SSSR count). The third kappa shape index (κ3) is 4.87. The molecule has 0 aromatic heterocycles. The van der Waals surface area contributed by atoms with Crippen LogP contribution < -0.4 is 0 Å². The average Bonchev–Trinajstić information content (AvgIpc) is 1.63. The van der Waals surface area contributed by atoms with Crippen LogP contribution in [-0.4, -0.2) is 17.7 Å². The standard InChI is InChI=1S/C6H10O3/c1-3-9-5(2)4-6(7)8/h4H,3H2,1-2H3,(H,7,8)/b5-4-. The summed E-state index contributed by atoms with van der Waals surface area (Å²) in [6.45, 7) is 3.92. The van der Waals surface area contributed by atoms with Gasteiger partial charge in [-0.15, -0.1) is 0 Å². The maximum atomic E-state index is 9.93. The van der Waals surface area contributed by atoms with Gasteiger partial charge in [-0.05, 0) is 13.8 Å². The number of hydrogen-bond donors (Lipinski definition) is 1. The number of carboxylic acid groups (broad SMARTS) is 1. The molecule has 0 aromatic carbocycles. The fourth-order valence-electron chi connectivity index (χ4n) is 0.443. The molecule has 0 spiro atoms. The summed E-state index contributed by atoms with van der Waals surface area (Å²) in [5.41, 5.74) is 0. The summed E-state index contributed by atoms with van der Waals surface area (Å²) < 4.78 is 4.83. The Labute approximate surface area is 53.9 Å². The van der Waals surface area contributed by atoms with Gasteiger partial charge in [0, 0.05) is 0 Å². The molecule has 0 heterocycles. The molecule has 52 valence electrons. The van der Waals surface area contributed by atoms with Crippen LogP contribution in [0.3, 0.4) is 0 Å². The number of allylic oxidation sites excluding steroid dienone is 1. The molecular weight excluding hydrogens is 120 g/mol. The molecule has 0 fully saturated rings. The third-order valence-corrected chi connectivity index (χ3v) is 0.699. The van der Waals surface area contributed by atoms with Gasteiger partial charge >= 0.3 is 5.97 Å². The van der Waals surface area contributed by atoms with Gasteiger partial charge in [-0.2, -0.15) is 0 Å². The van der Waals surface area contributed by atoms with Crippen LogP contribution >= 0.6 is 0 Å². The van der Waals surface area contributed by atoms with Gasteiger partial charge in [0.15, 0.2) is 0 Å². The van der Waals surface area contributed by atoms with Crippen molar-refractivity contribution in [2.75, 3.05) is 6.61 Å². The molecule has 3 heteroatoms. The molecule has 0 radical (unpaired) electrons. The lowest BCUT2D eigenvalue weighted by Crippen LogP contribution is -1.93. The molecule has 0 saturated carbocycles. The lowest BCUT2D eigenvalue weighted by Gasteiger charge is -1.98. The maximum Gasteiger partial charge on any atom is 0.331 e. The quantitative estimate of drug-likeness (QED) is 0.458. The summed E-state index contributed by atoms with van der Waals surface area (Å²) in [4.78, 5) is 9.93. The fourth-order valence-corrected chi connectivity index (χ4v) is 0.443. The lowest BCUT2D eigenvalue weighted by atomic mass is 10.5. The second-order valence-electron chi connectivity index (χ2n) is 1.53.